The smallest absolute Gasteiger partial charge is 0.335 e. The number of carboxylic acid groups (broad SMARTS) is 2. The molecule has 0 atom stereocenters. The van der Waals surface area contributed by atoms with Crippen molar-refractivity contribution in [2.75, 3.05) is 23.4 Å². The van der Waals surface area contributed by atoms with Crippen LogP contribution in [0, 0.1) is 0 Å². The van der Waals surface area contributed by atoms with Crippen LogP contribution in [-0.2, 0) is 4.79 Å². The van der Waals surface area contributed by atoms with Crippen molar-refractivity contribution in [3.8, 4) is 11.5 Å². The molecule has 0 bridgehead atoms. The first-order chi connectivity index (χ1) is 26.7. The molecule has 0 aliphatic carbocycles. The van der Waals surface area contributed by atoms with E-state index >= 15 is 0 Å². The number of carbonyl (C=O) groups excluding carboxylic acids is 2. The largest absolute Gasteiger partial charge is 0.506 e. The predicted octanol–water partition coefficient (Wildman–Crippen LogP) is 10.9. The van der Waals surface area contributed by atoms with Gasteiger partial charge in [-0.05, 0) is 42.8 Å². The Morgan fingerprint density at radius 1 is 0.618 bits per heavy atom. The Kier molecular flexibility index (Phi) is 17.5. The first-order valence-corrected chi connectivity index (χ1v) is 19.9. The highest BCUT2D eigenvalue weighted by molar-refractivity contribution is 6.13. The molecule has 10 nitrogen and oxygen atoms in total. The molecule has 10 heteroatoms. The minimum Gasteiger partial charge on any atom is -0.506 e. The van der Waals surface area contributed by atoms with E-state index in [0.717, 1.165) is 31.7 Å². The molecule has 0 aliphatic rings. The lowest BCUT2D eigenvalue weighted by Crippen LogP contribution is -2.32. The second-order valence-electron chi connectivity index (χ2n) is 14.2. The molecule has 4 N–H and O–H groups in total. The molecule has 2 amide bonds. The molecule has 0 saturated heterocycles. The van der Waals surface area contributed by atoms with Crippen LogP contribution >= 0.6 is 0 Å². The number of hydrogen-bond donors (Lipinski definition) is 4. The number of phenols is 1. The van der Waals surface area contributed by atoms with Gasteiger partial charge in [-0.15, -0.1) is 0 Å². The van der Waals surface area contributed by atoms with E-state index in [-0.39, 0.29) is 47.0 Å². The molecular formula is C45H56N2O8. The molecule has 4 aromatic rings. The van der Waals surface area contributed by atoms with Gasteiger partial charge in [0.05, 0.1) is 16.7 Å². The number of ether oxygens (including phenoxy) is 1. The number of aromatic hydroxyl groups is 1. The highest BCUT2D eigenvalue weighted by Crippen LogP contribution is 2.37. The fourth-order valence-electron chi connectivity index (χ4n) is 6.80. The summed E-state index contributed by atoms with van der Waals surface area (Å²) in [5.41, 5.74) is -0.0184. The molecule has 0 saturated carbocycles. The molecule has 0 spiro atoms. The molecule has 0 aliphatic heterocycles. The van der Waals surface area contributed by atoms with E-state index in [1.807, 2.05) is 6.07 Å². The van der Waals surface area contributed by atoms with Crippen LogP contribution in [0.4, 0.5) is 11.4 Å². The summed E-state index contributed by atoms with van der Waals surface area (Å²) in [5.74, 6) is -3.89. The van der Waals surface area contributed by atoms with Crippen LogP contribution in [0.2, 0.25) is 0 Å². The van der Waals surface area contributed by atoms with Crippen molar-refractivity contribution in [1.29, 1.82) is 0 Å². The van der Waals surface area contributed by atoms with Crippen LogP contribution in [0.5, 0.6) is 11.5 Å². The number of aromatic carboxylic acids is 2. The number of para-hydroxylation sites is 1. The van der Waals surface area contributed by atoms with Crippen molar-refractivity contribution >= 4 is 45.9 Å². The topological polar surface area (TPSA) is 153 Å². The number of carboxylic acids is 2. The number of nitrogens with zero attached hydrogens (tertiary/aromatic N) is 1. The minimum atomic E-state index is -1.34. The summed E-state index contributed by atoms with van der Waals surface area (Å²) < 4.78 is 5.93. The molecular weight excluding hydrogens is 697 g/mol. The van der Waals surface area contributed by atoms with Crippen molar-refractivity contribution < 1.29 is 39.2 Å². The molecule has 0 radical (unpaired) electrons. The Morgan fingerprint density at radius 3 is 1.64 bits per heavy atom. The van der Waals surface area contributed by atoms with Crippen LogP contribution < -0.4 is 15.0 Å². The van der Waals surface area contributed by atoms with Crippen molar-refractivity contribution in [1.82, 2.24) is 0 Å². The SMILES string of the molecule is CCCCCCCCCCCCCCCCCCN(C(=O)c1cc(OCC(=O)Nc2ccccc2)c2ccccc2c1O)c1cc(C(=O)O)cc(C(=O)O)c1. The molecule has 294 valence electrons. The molecule has 0 heterocycles. The lowest BCUT2D eigenvalue weighted by molar-refractivity contribution is -0.118. The summed E-state index contributed by atoms with van der Waals surface area (Å²) in [6, 6.07) is 20.6. The van der Waals surface area contributed by atoms with Gasteiger partial charge in [-0.25, -0.2) is 9.59 Å². The number of unbranched alkanes of at least 4 members (excludes halogenated alkanes) is 15. The number of benzene rings is 4. The van der Waals surface area contributed by atoms with Crippen molar-refractivity contribution in [2.24, 2.45) is 0 Å². The normalized spacial score (nSPS) is 11.0. The molecule has 0 unspecified atom stereocenters. The van der Waals surface area contributed by atoms with Crippen molar-refractivity contribution in [2.45, 2.75) is 110 Å². The fraction of sp³-hybridized carbons (Fsp3) is 0.422. The zero-order valence-electron chi connectivity index (χ0n) is 32.1. The van der Waals surface area contributed by atoms with Gasteiger partial charge in [0, 0.05) is 28.7 Å². The second-order valence-corrected chi connectivity index (χ2v) is 14.2. The molecule has 55 heavy (non-hydrogen) atoms. The maximum absolute atomic E-state index is 14.4. The maximum Gasteiger partial charge on any atom is 0.335 e. The number of anilines is 2. The lowest BCUT2D eigenvalue weighted by Gasteiger charge is -2.25. The number of hydrogen-bond acceptors (Lipinski definition) is 6. The van der Waals surface area contributed by atoms with Gasteiger partial charge in [0.25, 0.3) is 11.8 Å². The molecule has 4 rings (SSSR count). The fourth-order valence-corrected chi connectivity index (χ4v) is 6.80. The number of fused-ring (bicyclic) bond motifs is 1. The molecule has 0 fully saturated rings. The number of amides is 2. The molecule has 0 aromatic heterocycles. The van der Waals surface area contributed by atoms with Crippen molar-refractivity contribution in [3.63, 3.8) is 0 Å². The van der Waals surface area contributed by atoms with E-state index in [2.05, 4.69) is 12.2 Å². The van der Waals surface area contributed by atoms with E-state index in [0.29, 0.717) is 22.9 Å². The van der Waals surface area contributed by atoms with Crippen LogP contribution in [-0.4, -0.2) is 52.2 Å². The average molecular weight is 753 g/mol. The van der Waals surface area contributed by atoms with E-state index in [1.165, 1.54) is 93.7 Å². The third kappa shape index (κ3) is 13.5. The standard InChI is InChI=1S/C45H56N2O8/c1-2-3-4-5-6-7-8-9-10-11-12-13-14-15-16-22-27-47(36-29-33(44(51)52)28-34(30-36)45(53)54)43(50)39-31-40(37-25-20-21-26-38(37)42(39)49)55-32-41(48)46-35-23-18-17-19-24-35/h17-21,23-26,28-31,49H,2-16,22,27,32H2,1H3,(H,46,48)(H,51,52)(H,53,54). The summed E-state index contributed by atoms with van der Waals surface area (Å²) in [7, 11) is 0. The van der Waals surface area contributed by atoms with Gasteiger partial charge >= 0.3 is 11.9 Å². The summed E-state index contributed by atoms with van der Waals surface area (Å²) in [6.07, 6.45) is 18.9. The number of carbonyl (C=O) groups is 4. The van der Waals surface area contributed by atoms with Gasteiger partial charge in [0.15, 0.2) is 6.61 Å². The molecule has 4 aromatic carbocycles. The summed E-state index contributed by atoms with van der Waals surface area (Å²) in [6.45, 7) is 2.03. The van der Waals surface area contributed by atoms with Crippen LogP contribution in [0.3, 0.4) is 0 Å². The van der Waals surface area contributed by atoms with E-state index in [9.17, 15) is 34.5 Å². The first kappa shape index (κ1) is 42.4. The Morgan fingerprint density at radius 2 is 1.11 bits per heavy atom. The Bertz CT molecular complexity index is 1830. The second kappa shape index (κ2) is 22.7. The highest BCUT2D eigenvalue weighted by atomic mass is 16.5. The number of phenolic OH excluding ortho intramolecular Hbond substituents is 1. The third-order valence-electron chi connectivity index (χ3n) is 9.83. The van der Waals surface area contributed by atoms with Gasteiger partial charge in [-0.3, -0.25) is 9.59 Å². The van der Waals surface area contributed by atoms with Gasteiger partial charge in [0.2, 0.25) is 0 Å². The zero-order valence-corrected chi connectivity index (χ0v) is 32.1. The van der Waals surface area contributed by atoms with E-state index in [4.69, 9.17) is 4.74 Å². The summed E-state index contributed by atoms with van der Waals surface area (Å²) >= 11 is 0. The Balaban J connectivity index is 1.44. The monoisotopic (exact) mass is 752 g/mol. The quantitative estimate of drug-likeness (QED) is 0.0488. The lowest BCUT2D eigenvalue weighted by atomic mass is 10.0. The maximum atomic E-state index is 14.4. The van der Waals surface area contributed by atoms with E-state index < -0.39 is 23.8 Å². The first-order valence-electron chi connectivity index (χ1n) is 19.9. The summed E-state index contributed by atoms with van der Waals surface area (Å²) in [5, 5.41) is 34.6. The van der Waals surface area contributed by atoms with Gasteiger partial charge in [-0.1, -0.05) is 146 Å². The number of nitrogens with one attached hydrogen (secondary N) is 1. The van der Waals surface area contributed by atoms with Crippen LogP contribution in [0.15, 0.2) is 78.9 Å². The highest BCUT2D eigenvalue weighted by Gasteiger charge is 2.26. The predicted molar refractivity (Wildman–Crippen MR) is 218 cm³/mol. The van der Waals surface area contributed by atoms with Crippen LogP contribution in [0.25, 0.3) is 10.8 Å². The number of rotatable bonds is 25. The van der Waals surface area contributed by atoms with Gasteiger partial charge in [-0.2, -0.15) is 0 Å². The van der Waals surface area contributed by atoms with Crippen molar-refractivity contribution in [3.05, 3.63) is 95.6 Å². The Hall–Kier alpha value is -5.38. The third-order valence-corrected chi connectivity index (χ3v) is 9.83. The minimum absolute atomic E-state index is 0.0838. The zero-order chi connectivity index (χ0) is 39.4. The van der Waals surface area contributed by atoms with Crippen LogP contribution in [0.1, 0.15) is 141 Å². The average Bonchev–Trinajstić information content (AvgIpc) is 3.19. The summed E-state index contributed by atoms with van der Waals surface area (Å²) in [4.78, 5) is 52.5. The van der Waals surface area contributed by atoms with E-state index in [1.54, 1.807) is 48.5 Å². The van der Waals surface area contributed by atoms with Gasteiger partial charge < -0.3 is 30.3 Å². The Labute approximate surface area is 324 Å². The van der Waals surface area contributed by atoms with Gasteiger partial charge in [0.1, 0.15) is 11.5 Å².